The van der Waals surface area contributed by atoms with E-state index in [0.717, 1.165) is 5.92 Å². The number of rotatable bonds is 2. The summed E-state index contributed by atoms with van der Waals surface area (Å²) in [5, 5.41) is 0.458. The van der Waals surface area contributed by atoms with Gasteiger partial charge in [-0.1, -0.05) is 33.4 Å². The molecule has 0 rings (SSSR count). The minimum atomic E-state index is 0.458. The zero-order chi connectivity index (χ0) is 5.86. The van der Waals surface area contributed by atoms with Crippen LogP contribution in [0.2, 0.25) is 0 Å². The average molecular weight is 117 g/mol. The fourth-order valence-electron chi connectivity index (χ4n) is 0.664. The molecule has 0 spiro atoms. The molecule has 0 fully saturated rings. The molecule has 0 N–H and O–H groups in total. The molecule has 0 aliphatic rings. The van der Waals surface area contributed by atoms with E-state index in [1.807, 2.05) is 0 Å². The van der Waals surface area contributed by atoms with Crippen molar-refractivity contribution in [2.75, 3.05) is 0 Å². The molecule has 0 bridgehead atoms. The largest absolute Gasteiger partial charge is 0.0907 e. The lowest BCUT2D eigenvalue weighted by Crippen LogP contribution is -1.96. The summed E-state index contributed by atoms with van der Waals surface area (Å²) >= 11 is 4.96. The minimum absolute atomic E-state index is 0.458. The van der Waals surface area contributed by atoms with Crippen LogP contribution in [-0.2, 0) is 0 Å². The Morgan fingerprint density at radius 1 is 1.29 bits per heavy atom. The Bertz CT molecular complexity index is 33.4. The predicted molar refractivity (Wildman–Crippen MR) is 36.5 cm³/mol. The summed E-state index contributed by atoms with van der Waals surface area (Å²) in [6.07, 6.45) is 1.18. The average Bonchev–Trinajstić information content (AvgIpc) is 1.27. The highest BCUT2D eigenvalue weighted by Gasteiger charge is 1.97. The fourth-order valence-corrected chi connectivity index (χ4v) is 1.05. The standard InChI is InChI=1S/C6H13S/c1-5(2)4-6(3)7/h5-6H,4H2,1-3H3. The van der Waals surface area contributed by atoms with Crippen molar-refractivity contribution >= 4 is 12.6 Å². The van der Waals surface area contributed by atoms with Crippen LogP contribution < -0.4 is 0 Å². The lowest BCUT2D eigenvalue weighted by Gasteiger charge is -2.03. The zero-order valence-corrected chi connectivity index (χ0v) is 6.09. The monoisotopic (exact) mass is 117 g/mol. The van der Waals surface area contributed by atoms with E-state index in [1.165, 1.54) is 6.42 Å². The molecule has 1 unspecified atom stereocenters. The van der Waals surface area contributed by atoms with Crippen LogP contribution in [0.4, 0.5) is 0 Å². The van der Waals surface area contributed by atoms with Crippen LogP contribution in [0.15, 0.2) is 0 Å². The molecule has 0 amide bonds. The second-order valence-electron chi connectivity index (χ2n) is 2.44. The first-order valence-electron chi connectivity index (χ1n) is 2.78. The van der Waals surface area contributed by atoms with Gasteiger partial charge in [-0.15, -0.1) is 0 Å². The minimum Gasteiger partial charge on any atom is -0.0907 e. The molecular weight excluding hydrogens is 104 g/mol. The summed E-state index contributed by atoms with van der Waals surface area (Å²) in [7, 11) is 0. The Labute approximate surface area is 51.7 Å². The van der Waals surface area contributed by atoms with Crippen LogP contribution in [0.1, 0.15) is 27.2 Å². The highest BCUT2D eigenvalue weighted by atomic mass is 32.1. The third kappa shape index (κ3) is 6.35. The lowest BCUT2D eigenvalue weighted by molar-refractivity contribution is 0.586. The molecule has 0 aromatic heterocycles. The highest BCUT2D eigenvalue weighted by Crippen LogP contribution is 2.07. The molecule has 7 heavy (non-hydrogen) atoms. The third-order valence-corrected chi connectivity index (χ3v) is 0.996. The van der Waals surface area contributed by atoms with Gasteiger partial charge in [0.2, 0.25) is 0 Å². The molecule has 0 aliphatic carbocycles. The quantitative estimate of drug-likeness (QED) is 0.521. The molecule has 0 aromatic rings. The first-order chi connectivity index (χ1) is 3.13. The van der Waals surface area contributed by atoms with E-state index in [0.29, 0.717) is 5.25 Å². The second-order valence-corrected chi connectivity index (χ2v) is 3.24. The van der Waals surface area contributed by atoms with Crippen LogP contribution in [0.25, 0.3) is 0 Å². The van der Waals surface area contributed by atoms with Gasteiger partial charge in [-0.05, 0) is 12.3 Å². The molecule has 0 heterocycles. The van der Waals surface area contributed by atoms with Gasteiger partial charge < -0.3 is 0 Å². The summed E-state index contributed by atoms with van der Waals surface area (Å²) in [6, 6.07) is 0. The number of hydrogen-bond donors (Lipinski definition) is 0. The molecule has 0 aliphatic heterocycles. The van der Waals surface area contributed by atoms with Gasteiger partial charge in [-0.25, -0.2) is 0 Å². The Kier molecular flexibility index (Phi) is 3.53. The Morgan fingerprint density at radius 2 is 1.71 bits per heavy atom. The van der Waals surface area contributed by atoms with Gasteiger partial charge in [0.05, 0.1) is 0 Å². The van der Waals surface area contributed by atoms with Crippen LogP contribution in [0, 0.1) is 5.92 Å². The van der Waals surface area contributed by atoms with Crippen molar-refractivity contribution in [1.82, 2.24) is 0 Å². The summed E-state index contributed by atoms with van der Waals surface area (Å²) in [5.41, 5.74) is 0. The van der Waals surface area contributed by atoms with E-state index in [1.54, 1.807) is 0 Å². The summed E-state index contributed by atoms with van der Waals surface area (Å²) in [4.78, 5) is 0. The zero-order valence-electron chi connectivity index (χ0n) is 5.27. The maximum absolute atomic E-state index is 4.96. The van der Waals surface area contributed by atoms with E-state index in [9.17, 15) is 0 Å². The molecule has 43 valence electrons. The normalized spacial score (nSPS) is 15.0. The Hall–Kier alpha value is 0.350. The summed E-state index contributed by atoms with van der Waals surface area (Å²) in [5.74, 6) is 0.771. The van der Waals surface area contributed by atoms with Gasteiger partial charge in [-0.2, -0.15) is 0 Å². The molecular formula is C6H13S. The van der Waals surface area contributed by atoms with Crippen LogP contribution in [-0.4, -0.2) is 5.25 Å². The Balaban J connectivity index is 2.95. The smallest absolute Gasteiger partial charge is 0.0125 e. The lowest BCUT2D eigenvalue weighted by atomic mass is 10.1. The van der Waals surface area contributed by atoms with Gasteiger partial charge in [0.15, 0.2) is 0 Å². The highest BCUT2D eigenvalue weighted by molar-refractivity contribution is 7.80. The van der Waals surface area contributed by atoms with Crippen molar-refractivity contribution in [3.8, 4) is 0 Å². The van der Waals surface area contributed by atoms with Gasteiger partial charge in [0.1, 0.15) is 0 Å². The Morgan fingerprint density at radius 3 is 1.71 bits per heavy atom. The van der Waals surface area contributed by atoms with Crippen LogP contribution in [0.3, 0.4) is 0 Å². The van der Waals surface area contributed by atoms with E-state index in [-0.39, 0.29) is 0 Å². The molecule has 0 saturated heterocycles. The van der Waals surface area contributed by atoms with Crippen molar-refractivity contribution in [1.29, 1.82) is 0 Å². The summed E-state index contributed by atoms with van der Waals surface area (Å²) < 4.78 is 0. The van der Waals surface area contributed by atoms with Gasteiger partial charge in [0, 0.05) is 5.25 Å². The summed E-state index contributed by atoms with van der Waals surface area (Å²) in [6.45, 7) is 6.47. The first kappa shape index (κ1) is 7.35. The first-order valence-corrected chi connectivity index (χ1v) is 3.26. The van der Waals surface area contributed by atoms with Crippen LogP contribution >= 0.6 is 12.6 Å². The van der Waals surface area contributed by atoms with Gasteiger partial charge >= 0.3 is 0 Å². The predicted octanol–water partition coefficient (Wildman–Crippen LogP) is 2.62. The van der Waals surface area contributed by atoms with E-state index in [2.05, 4.69) is 20.8 Å². The fraction of sp³-hybridized carbons (Fsp3) is 1.00. The maximum Gasteiger partial charge on any atom is 0.0125 e. The third-order valence-electron chi connectivity index (χ3n) is 0.803. The van der Waals surface area contributed by atoms with E-state index < -0.39 is 0 Å². The number of hydrogen-bond acceptors (Lipinski definition) is 0. The van der Waals surface area contributed by atoms with Crippen molar-refractivity contribution in [2.45, 2.75) is 32.4 Å². The molecule has 0 aromatic carbocycles. The topological polar surface area (TPSA) is 0 Å². The van der Waals surface area contributed by atoms with Crippen molar-refractivity contribution in [2.24, 2.45) is 5.92 Å². The van der Waals surface area contributed by atoms with E-state index >= 15 is 0 Å². The molecule has 1 atom stereocenters. The van der Waals surface area contributed by atoms with Crippen LogP contribution in [0.5, 0.6) is 0 Å². The van der Waals surface area contributed by atoms with Gasteiger partial charge in [-0.3, -0.25) is 0 Å². The van der Waals surface area contributed by atoms with Crippen molar-refractivity contribution in [3.63, 3.8) is 0 Å². The molecule has 0 nitrogen and oxygen atoms in total. The van der Waals surface area contributed by atoms with Crippen molar-refractivity contribution in [3.05, 3.63) is 0 Å². The molecule has 1 radical (unpaired) electrons. The molecule has 1 heteroatoms. The van der Waals surface area contributed by atoms with Crippen molar-refractivity contribution < 1.29 is 0 Å². The van der Waals surface area contributed by atoms with Gasteiger partial charge in [0.25, 0.3) is 0 Å². The van der Waals surface area contributed by atoms with E-state index in [4.69, 9.17) is 12.6 Å². The maximum atomic E-state index is 4.96. The SMILES string of the molecule is CC(C)CC(C)[S]. The second kappa shape index (κ2) is 3.36. The molecule has 0 saturated carbocycles.